The molecule has 0 unspecified atom stereocenters. The lowest BCUT2D eigenvalue weighted by Crippen LogP contribution is -2.42. The van der Waals surface area contributed by atoms with Crippen LogP contribution in [0.15, 0.2) is 53.5 Å². The monoisotopic (exact) mass is 396 g/mol. The van der Waals surface area contributed by atoms with Crippen LogP contribution in [-0.4, -0.2) is 64.5 Å². The molecular formula is C20H24N6O3. The van der Waals surface area contributed by atoms with Crippen molar-refractivity contribution in [3.8, 4) is 0 Å². The summed E-state index contributed by atoms with van der Waals surface area (Å²) in [5, 5.41) is 10.0. The molecule has 3 aromatic rings. The largest absolute Gasteiger partial charge is 0.379 e. The van der Waals surface area contributed by atoms with E-state index in [0.717, 1.165) is 38.4 Å². The average molecular weight is 396 g/mol. The SMILES string of the molecule is O=C(NCCN1CCOCC1)Nc1cccc(Cn2nc3ccccn3c2=O)c1. The average Bonchev–Trinajstić information content (AvgIpc) is 3.05. The Hall–Kier alpha value is -3.17. The predicted molar refractivity (Wildman–Crippen MR) is 109 cm³/mol. The molecule has 1 saturated heterocycles. The van der Waals surface area contributed by atoms with Gasteiger partial charge in [0.1, 0.15) is 0 Å². The highest BCUT2D eigenvalue weighted by atomic mass is 16.5. The first-order valence-electron chi connectivity index (χ1n) is 9.67. The van der Waals surface area contributed by atoms with Crippen molar-refractivity contribution in [1.29, 1.82) is 0 Å². The molecule has 152 valence electrons. The van der Waals surface area contributed by atoms with E-state index in [-0.39, 0.29) is 11.7 Å². The highest BCUT2D eigenvalue weighted by Gasteiger charge is 2.11. The van der Waals surface area contributed by atoms with Gasteiger partial charge in [-0.1, -0.05) is 18.2 Å². The van der Waals surface area contributed by atoms with Crippen molar-refractivity contribution in [2.75, 3.05) is 44.7 Å². The maximum atomic E-state index is 12.4. The smallest absolute Gasteiger partial charge is 0.350 e. The Kier molecular flexibility index (Phi) is 5.87. The topological polar surface area (TPSA) is 92.9 Å². The lowest BCUT2D eigenvalue weighted by atomic mass is 10.2. The third-order valence-electron chi connectivity index (χ3n) is 4.82. The maximum Gasteiger partial charge on any atom is 0.350 e. The summed E-state index contributed by atoms with van der Waals surface area (Å²) in [5.41, 5.74) is 1.95. The molecule has 0 bridgehead atoms. The van der Waals surface area contributed by atoms with Gasteiger partial charge in [0.2, 0.25) is 0 Å². The van der Waals surface area contributed by atoms with Crippen LogP contribution in [0.1, 0.15) is 5.56 Å². The molecule has 29 heavy (non-hydrogen) atoms. The van der Waals surface area contributed by atoms with E-state index in [4.69, 9.17) is 4.74 Å². The van der Waals surface area contributed by atoms with E-state index in [1.165, 1.54) is 9.08 Å². The summed E-state index contributed by atoms with van der Waals surface area (Å²) >= 11 is 0. The van der Waals surface area contributed by atoms with Crippen LogP contribution in [0.2, 0.25) is 0 Å². The summed E-state index contributed by atoms with van der Waals surface area (Å²) in [7, 11) is 0. The van der Waals surface area contributed by atoms with Crippen molar-refractivity contribution in [2.24, 2.45) is 0 Å². The minimum absolute atomic E-state index is 0.195. The van der Waals surface area contributed by atoms with Crippen molar-refractivity contribution in [3.63, 3.8) is 0 Å². The first-order valence-corrected chi connectivity index (χ1v) is 9.67. The van der Waals surface area contributed by atoms with Crippen molar-refractivity contribution in [3.05, 3.63) is 64.7 Å². The highest BCUT2D eigenvalue weighted by Crippen LogP contribution is 2.11. The molecule has 1 aliphatic rings. The molecule has 0 atom stereocenters. The summed E-state index contributed by atoms with van der Waals surface area (Å²) in [4.78, 5) is 26.8. The van der Waals surface area contributed by atoms with Crippen LogP contribution < -0.4 is 16.3 Å². The lowest BCUT2D eigenvalue weighted by Gasteiger charge is -2.26. The fraction of sp³-hybridized carbons (Fsp3) is 0.350. The molecule has 2 N–H and O–H groups in total. The Labute approximate surface area is 167 Å². The van der Waals surface area contributed by atoms with E-state index in [9.17, 15) is 9.59 Å². The van der Waals surface area contributed by atoms with Gasteiger partial charge in [-0.2, -0.15) is 0 Å². The van der Waals surface area contributed by atoms with Gasteiger partial charge < -0.3 is 15.4 Å². The maximum absolute atomic E-state index is 12.4. The van der Waals surface area contributed by atoms with E-state index in [1.807, 2.05) is 30.3 Å². The van der Waals surface area contributed by atoms with E-state index >= 15 is 0 Å². The summed E-state index contributed by atoms with van der Waals surface area (Å²) in [6.07, 6.45) is 1.69. The number of nitrogens with zero attached hydrogens (tertiary/aromatic N) is 4. The molecule has 4 rings (SSSR count). The van der Waals surface area contributed by atoms with Crippen LogP contribution in [0.4, 0.5) is 10.5 Å². The molecule has 2 amide bonds. The number of ether oxygens (including phenoxy) is 1. The summed E-state index contributed by atoms with van der Waals surface area (Å²) in [6.45, 7) is 4.98. The first kappa shape index (κ1) is 19.2. The van der Waals surface area contributed by atoms with Gasteiger partial charge in [-0.05, 0) is 29.8 Å². The number of carbonyl (C=O) groups is 1. The van der Waals surface area contributed by atoms with Crippen molar-refractivity contribution < 1.29 is 9.53 Å². The molecular weight excluding hydrogens is 372 g/mol. The Bertz CT molecular complexity index is 1040. The number of amides is 2. The normalized spacial score (nSPS) is 14.8. The molecule has 0 aliphatic carbocycles. The zero-order chi connectivity index (χ0) is 20.1. The molecule has 9 heteroatoms. The summed E-state index contributed by atoms with van der Waals surface area (Å²) in [6, 6.07) is 12.6. The van der Waals surface area contributed by atoms with E-state index in [2.05, 4.69) is 20.6 Å². The second-order valence-corrected chi connectivity index (χ2v) is 6.90. The fourth-order valence-electron chi connectivity index (χ4n) is 3.32. The van der Waals surface area contributed by atoms with Gasteiger partial charge in [-0.15, -0.1) is 5.10 Å². The number of pyridine rings is 1. The zero-order valence-corrected chi connectivity index (χ0v) is 16.1. The number of nitrogens with one attached hydrogen (secondary N) is 2. The Morgan fingerprint density at radius 3 is 2.83 bits per heavy atom. The number of anilines is 1. The molecule has 3 heterocycles. The number of aromatic nitrogens is 3. The number of hydrogen-bond acceptors (Lipinski definition) is 5. The number of morpholine rings is 1. The van der Waals surface area contributed by atoms with Crippen LogP contribution in [0.5, 0.6) is 0 Å². The number of hydrogen-bond donors (Lipinski definition) is 2. The molecule has 2 aromatic heterocycles. The highest BCUT2D eigenvalue weighted by molar-refractivity contribution is 5.89. The summed E-state index contributed by atoms with van der Waals surface area (Å²) in [5.74, 6) is 0. The predicted octanol–water partition coefficient (Wildman–Crippen LogP) is 0.998. The van der Waals surface area contributed by atoms with Gasteiger partial charge >= 0.3 is 11.7 Å². The Morgan fingerprint density at radius 1 is 1.14 bits per heavy atom. The van der Waals surface area contributed by atoms with Crippen LogP contribution >= 0.6 is 0 Å². The number of fused-ring (bicyclic) bond motifs is 1. The first-order chi connectivity index (χ1) is 14.2. The molecule has 1 aromatic carbocycles. The van der Waals surface area contributed by atoms with Gasteiger partial charge in [-0.3, -0.25) is 9.30 Å². The minimum Gasteiger partial charge on any atom is -0.379 e. The van der Waals surface area contributed by atoms with Crippen LogP contribution in [0.3, 0.4) is 0 Å². The molecule has 0 saturated carbocycles. The third kappa shape index (κ3) is 4.82. The van der Waals surface area contributed by atoms with Gasteiger partial charge in [0.05, 0.1) is 19.8 Å². The van der Waals surface area contributed by atoms with E-state index in [0.29, 0.717) is 24.4 Å². The van der Waals surface area contributed by atoms with Crippen LogP contribution in [0, 0.1) is 0 Å². The van der Waals surface area contributed by atoms with Gasteiger partial charge in [0.15, 0.2) is 5.65 Å². The van der Waals surface area contributed by atoms with Crippen molar-refractivity contribution in [2.45, 2.75) is 6.54 Å². The number of rotatable bonds is 6. The summed E-state index contributed by atoms with van der Waals surface area (Å²) < 4.78 is 8.23. The van der Waals surface area contributed by atoms with E-state index in [1.54, 1.807) is 18.3 Å². The number of benzene rings is 1. The quantitative estimate of drug-likeness (QED) is 0.648. The fourth-order valence-corrected chi connectivity index (χ4v) is 3.32. The Balaban J connectivity index is 1.33. The second kappa shape index (κ2) is 8.89. The zero-order valence-electron chi connectivity index (χ0n) is 16.1. The van der Waals surface area contributed by atoms with E-state index < -0.39 is 0 Å². The van der Waals surface area contributed by atoms with Crippen LogP contribution in [-0.2, 0) is 11.3 Å². The standard InChI is InChI=1S/C20H24N6O3/c27-19(21-7-9-24-10-12-29-13-11-24)22-17-5-3-4-16(14-17)15-26-20(28)25-8-2-1-6-18(25)23-26/h1-6,8,14H,7,9-13,15H2,(H2,21,22,27). The molecule has 1 fully saturated rings. The van der Waals surface area contributed by atoms with Crippen molar-refractivity contribution in [1.82, 2.24) is 24.4 Å². The lowest BCUT2D eigenvalue weighted by molar-refractivity contribution is 0.0388. The number of urea groups is 1. The Morgan fingerprint density at radius 2 is 2.00 bits per heavy atom. The van der Waals surface area contributed by atoms with Crippen LogP contribution in [0.25, 0.3) is 5.65 Å². The van der Waals surface area contributed by atoms with Gasteiger partial charge in [0.25, 0.3) is 0 Å². The molecule has 1 aliphatic heterocycles. The van der Waals surface area contributed by atoms with Crippen molar-refractivity contribution >= 4 is 17.4 Å². The number of carbonyl (C=O) groups excluding carboxylic acids is 1. The molecule has 9 nitrogen and oxygen atoms in total. The molecule has 0 radical (unpaired) electrons. The third-order valence-corrected chi connectivity index (χ3v) is 4.82. The molecule has 0 spiro atoms. The minimum atomic E-state index is -0.250. The second-order valence-electron chi connectivity index (χ2n) is 6.90. The van der Waals surface area contributed by atoms with Gasteiger partial charge in [-0.25, -0.2) is 14.3 Å². The van der Waals surface area contributed by atoms with Gasteiger partial charge in [0, 0.05) is 38.1 Å².